The van der Waals surface area contributed by atoms with Gasteiger partial charge in [-0.2, -0.15) is 0 Å². The molecule has 8 heteroatoms. The number of para-hydroxylation sites is 1. The van der Waals surface area contributed by atoms with Gasteiger partial charge in [-0.3, -0.25) is 4.79 Å². The first-order chi connectivity index (χ1) is 15.3. The van der Waals surface area contributed by atoms with Gasteiger partial charge in [0.1, 0.15) is 18.0 Å². The molecule has 2 aromatic rings. The van der Waals surface area contributed by atoms with Crippen molar-refractivity contribution in [1.29, 1.82) is 0 Å². The molecule has 1 unspecified atom stereocenters. The van der Waals surface area contributed by atoms with Crippen LogP contribution in [0, 0.1) is 0 Å². The van der Waals surface area contributed by atoms with Gasteiger partial charge in [-0.05, 0) is 23.8 Å². The number of ether oxygens (including phenoxy) is 2. The fourth-order valence-electron chi connectivity index (χ4n) is 3.55. The first-order valence-electron chi connectivity index (χ1n) is 10.9. The van der Waals surface area contributed by atoms with Crippen molar-refractivity contribution < 1.29 is 14.3 Å². The number of amides is 1. The predicted octanol–water partition coefficient (Wildman–Crippen LogP) is 3.74. The molecule has 0 radical (unpaired) electrons. The Morgan fingerprint density at radius 1 is 1.21 bits per heavy atom. The minimum Gasteiger partial charge on any atom is -0.497 e. The summed E-state index contributed by atoms with van der Waals surface area (Å²) in [6, 6.07) is 16.2. The lowest BCUT2D eigenvalue weighted by molar-refractivity contribution is -0.127. The van der Waals surface area contributed by atoms with E-state index in [1.807, 2.05) is 30.3 Å². The molecule has 3 rings (SSSR count). The van der Waals surface area contributed by atoms with Crippen LogP contribution in [0.2, 0.25) is 0 Å². The van der Waals surface area contributed by atoms with Crippen molar-refractivity contribution in [3.05, 3.63) is 59.7 Å². The zero-order valence-corrected chi connectivity index (χ0v) is 22.4. The maximum atomic E-state index is 12.2. The normalized spacial score (nSPS) is 15.4. The van der Waals surface area contributed by atoms with Gasteiger partial charge in [0.15, 0.2) is 5.96 Å². The molecule has 0 bridgehead atoms. The Hall–Kier alpha value is -2.49. The highest BCUT2D eigenvalue weighted by Gasteiger charge is 2.25. The van der Waals surface area contributed by atoms with Crippen LogP contribution < -0.4 is 20.1 Å². The first-order valence-corrected chi connectivity index (χ1v) is 10.9. The quantitative estimate of drug-likeness (QED) is 0.304. The van der Waals surface area contributed by atoms with E-state index in [2.05, 4.69) is 47.7 Å². The van der Waals surface area contributed by atoms with Crippen molar-refractivity contribution in [3.8, 4) is 11.5 Å². The molecule has 2 N–H and O–H groups in total. The summed E-state index contributed by atoms with van der Waals surface area (Å²) in [6.45, 7) is 5.68. The number of guanidine groups is 1. The van der Waals surface area contributed by atoms with Crippen LogP contribution >= 0.6 is 24.0 Å². The maximum absolute atomic E-state index is 12.2. The number of hydrogen-bond acceptors (Lipinski definition) is 4. The molecule has 1 atom stereocenters. The summed E-state index contributed by atoms with van der Waals surface area (Å²) < 4.78 is 11.2. The number of nitrogens with zero attached hydrogens (tertiary/aromatic N) is 2. The highest BCUT2D eigenvalue weighted by atomic mass is 127. The van der Waals surface area contributed by atoms with Crippen LogP contribution in [0.3, 0.4) is 0 Å². The minimum absolute atomic E-state index is 0. The predicted molar refractivity (Wildman–Crippen MR) is 143 cm³/mol. The summed E-state index contributed by atoms with van der Waals surface area (Å²) in [5.41, 5.74) is 2.07. The van der Waals surface area contributed by atoms with Gasteiger partial charge < -0.3 is 25.0 Å². The van der Waals surface area contributed by atoms with E-state index < -0.39 is 0 Å². The highest BCUT2D eigenvalue weighted by molar-refractivity contribution is 14.0. The molecule has 0 aliphatic carbocycles. The Morgan fingerprint density at radius 2 is 1.97 bits per heavy atom. The number of likely N-dealkylation sites (N-methyl/N-ethyl adjacent to an activating group) is 1. The van der Waals surface area contributed by atoms with Gasteiger partial charge in [-0.25, -0.2) is 4.99 Å². The molecule has 7 nitrogen and oxygen atoms in total. The van der Waals surface area contributed by atoms with E-state index in [4.69, 9.17) is 9.47 Å². The molecule has 180 valence electrons. The van der Waals surface area contributed by atoms with Crippen molar-refractivity contribution >= 4 is 35.8 Å². The van der Waals surface area contributed by atoms with Crippen LogP contribution in [-0.4, -0.2) is 57.7 Å². The zero-order chi connectivity index (χ0) is 23.1. The Bertz CT molecular complexity index is 962. The van der Waals surface area contributed by atoms with Crippen LogP contribution in [-0.2, 0) is 10.2 Å². The van der Waals surface area contributed by atoms with Gasteiger partial charge in [0.05, 0.1) is 19.8 Å². The van der Waals surface area contributed by atoms with E-state index in [1.54, 1.807) is 26.1 Å². The van der Waals surface area contributed by atoms with Crippen LogP contribution in [0.5, 0.6) is 11.5 Å². The molecule has 0 saturated heterocycles. The Kier molecular flexibility index (Phi) is 9.82. The van der Waals surface area contributed by atoms with E-state index >= 15 is 0 Å². The third-order valence-electron chi connectivity index (χ3n) is 5.69. The van der Waals surface area contributed by atoms with Crippen molar-refractivity contribution in [1.82, 2.24) is 15.5 Å². The number of benzene rings is 2. The van der Waals surface area contributed by atoms with Crippen LogP contribution in [0.25, 0.3) is 0 Å². The SMILES string of the molecule is COc1cccc(C(C)(C)CNC(=NCC(=O)N(C)C)NC2CCOc3ccccc32)c1.I. The molecule has 1 aliphatic heterocycles. The fraction of sp³-hybridized carbons (Fsp3) is 0.440. The highest BCUT2D eigenvalue weighted by Crippen LogP contribution is 2.31. The second-order valence-corrected chi connectivity index (χ2v) is 8.79. The smallest absolute Gasteiger partial charge is 0.243 e. The number of nitrogens with one attached hydrogen (secondary N) is 2. The molecule has 1 heterocycles. The first kappa shape index (κ1) is 26.8. The van der Waals surface area contributed by atoms with Crippen LogP contribution in [0.1, 0.15) is 37.4 Å². The Morgan fingerprint density at radius 3 is 2.70 bits per heavy atom. The molecular weight excluding hydrogens is 531 g/mol. The van der Waals surface area contributed by atoms with Gasteiger partial charge in [0.2, 0.25) is 5.91 Å². The number of aliphatic imine (C=N–C) groups is 1. The van der Waals surface area contributed by atoms with E-state index in [0.29, 0.717) is 19.1 Å². The van der Waals surface area contributed by atoms with Crippen molar-refractivity contribution in [2.75, 3.05) is 40.9 Å². The standard InChI is InChI=1S/C25H34N4O3.HI/c1-25(2,18-9-8-10-19(15-18)31-5)17-27-24(26-16-23(30)29(3)4)28-21-13-14-32-22-12-7-6-11-20(21)22;/h6-12,15,21H,13-14,16-17H2,1-5H3,(H2,26,27,28);1H. The van der Waals surface area contributed by atoms with Crippen LogP contribution in [0.4, 0.5) is 0 Å². The lowest BCUT2D eigenvalue weighted by Gasteiger charge is -2.30. The fourth-order valence-corrected chi connectivity index (χ4v) is 3.55. The minimum atomic E-state index is -0.184. The largest absolute Gasteiger partial charge is 0.497 e. The maximum Gasteiger partial charge on any atom is 0.243 e. The average Bonchev–Trinajstić information content (AvgIpc) is 2.80. The summed E-state index contributed by atoms with van der Waals surface area (Å²) in [7, 11) is 5.14. The summed E-state index contributed by atoms with van der Waals surface area (Å²) in [4.78, 5) is 18.3. The van der Waals surface area contributed by atoms with E-state index in [0.717, 1.165) is 29.0 Å². The van der Waals surface area contributed by atoms with Gasteiger partial charge in [0, 0.05) is 38.0 Å². The molecule has 0 spiro atoms. The third-order valence-corrected chi connectivity index (χ3v) is 5.69. The topological polar surface area (TPSA) is 75.2 Å². The second kappa shape index (κ2) is 12.1. The van der Waals surface area contributed by atoms with E-state index in [1.165, 1.54) is 0 Å². The molecule has 33 heavy (non-hydrogen) atoms. The van der Waals surface area contributed by atoms with E-state index in [9.17, 15) is 4.79 Å². The Labute approximate surface area is 214 Å². The van der Waals surface area contributed by atoms with Crippen molar-refractivity contribution in [3.63, 3.8) is 0 Å². The van der Waals surface area contributed by atoms with Gasteiger partial charge in [-0.1, -0.05) is 44.2 Å². The van der Waals surface area contributed by atoms with Gasteiger partial charge in [-0.15, -0.1) is 24.0 Å². The third kappa shape index (κ3) is 7.25. The number of hydrogen-bond donors (Lipinski definition) is 2. The number of carbonyl (C=O) groups is 1. The number of rotatable bonds is 7. The van der Waals surface area contributed by atoms with Crippen LogP contribution in [0.15, 0.2) is 53.5 Å². The molecule has 0 aromatic heterocycles. The molecule has 0 saturated carbocycles. The molecule has 1 amide bonds. The van der Waals surface area contributed by atoms with E-state index in [-0.39, 0.29) is 47.9 Å². The molecule has 2 aromatic carbocycles. The summed E-state index contributed by atoms with van der Waals surface area (Å²) in [5, 5.41) is 6.97. The summed E-state index contributed by atoms with van der Waals surface area (Å²) in [6.07, 6.45) is 0.818. The van der Waals surface area contributed by atoms with Crippen molar-refractivity contribution in [2.45, 2.75) is 31.7 Å². The van der Waals surface area contributed by atoms with Gasteiger partial charge >= 0.3 is 0 Å². The summed E-state index contributed by atoms with van der Waals surface area (Å²) >= 11 is 0. The molecule has 1 aliphatic rings. The molecular formula is C25H35IN4O3. The monoisotopic (exact) mass is 566 g/mol. The number of carbonyl (C=O) groups excluding carboxylic acids is 1. The number of methoxy groups -OCH3 is 1. The number of halogens is 1. The molecule has 0 fully saturated rings. The second-order valence-electron chi connectivity index (χ2n) is 8.79. The zero-order valence-electron chi connectivity index (χ0n) is 20.1. The van der Waals surface area contributed by atoms with Crippen molar-refractivity contribution in [2.24, 2.45) is 4.99 Å². The van der Waals surface area contributed by atoms with Gasteiger partial charge in [0.25, 0.3) is 0 Å². The lowest BCUT2D eigenvalue weighted by atomic mass is 9.84. The Balaban J connectivity index is 0.00000385. The average molecular weight is 566 g/mol. The lowest BCUT2D eigenvalue weighted by Crippen LogP contribution is -2.46. The number of fused-ring (bicyclic) bond motifs is 1. The summed E-state index contributed by atoms with van der Waals surface area (Å²) in [5.74, 6) is 2.28.